The smallest absolute Gasteiger partial charge is 0.406 e. The van der Waals surface area contributed by atoms with E-state index in [-0.39, 0.29) is 11.3 Å². The van der Waals surface area contributed by atoms with Gasteiger partial charge >= 0.3 is 6.36 Å². The van der Waals surface area contributed by atoms with E-state index in [0.717, 1.165) is 17.8 Å². The number of benzene rings is 2. The van der Waals surface area contributed by atoms with Gasteiger partial charge in [0.1, 0.15) is 5.75 Å². The molecule has 0 fully saturated rings. The Labute approximate surface area is 141 Å². The number of hydrogen-bond donors (Lipinski definition) is 1. The van der Waals surface area contributed by atoms with E-state index in [4.69, 9.17) is 0 Å². The molecule has 1 atom stereocenters. The molecule has 24 heavy (non-hydrogen) atoms. The van der Waals surface area contributed by atoms with Crippen LogP contribution in [-0.2, 0) is 10.8 Å². The fraction of sp³-hybridized carbons (Fsp3) is 0.294. The summed E-state index contributed by atoms with van der Waals surface area (Å²) in [5, 5.41) is 3.29. The summed E-state index contributed by atoms with van der Waals surface area (Å²) in [5.74, 6) is -0.340. The zero-order chi connectivity index (χ0) is 18.0. The van der Waals surface area contributed by atoms with Gasteiger partial charge in [-0.05, 0) is 69.3 Å². The maximum atomic E-state index is 12.5. The van der Waals surface area contributed by atoms with Crippen LogP contribution in [0, 0.1) is 0 Å². The first-order valence-electron chi connectivity index (χ1n) is 7.19. The maximum absolute atomic E-state index is 12.5. The molecule has 2 rings (SSSR count). The van der Waals surface area contributed by atoms with Gasteiger partial charge in [0.2, 0.25) is 0 Å². The van der Waals surface area contributed by atoms with Gasteiger partial charge in [0.25, 0.3) is 0 Å². The average molecular weight is 357 g/mol. The first-order chi connectivity index (χ1) is 11.0. The Morgan fingerprint density at radius 3 is 1.75 bits per heavy atom. The molecule has 0 aromatic heterocycles. The number of nitrogens with one attached hydrogen (secondary N) is 1. The van der Waals surface area contributed by atoms with Gasteiger partial charge < -0.3 is 10.1 Å². The van der Waals surface area contributed by atoms with E-state index in [1.807, 2.05) is 32.9 Å². The molecular weight excluding hydrogens is 339 g/mol. The predicted octanol–water partition coefficient (Wildman–Crippen LogP) is 4.96. The Bertz CT molecular complexity index is 643. The van der Waals surface area contributed by atoms with Gasteiger partial charge in [-0.25, -0.2) is 4.21 Å². The third-order valence-corrected chi connectivity index (χ3v) is 4.26. The highest BCUT2D eigenvalue weighted by Gasteiger charge is 2.31. The van der Waals surface area contributed by atoms with Crippen molar-refractivity contribution >= 4 is 16.5 Å². The van der Waals surface area contributed by atoms with Crippen LogP contribution in [0.15, 0.2) is 58.3 Å². The summed E-state index contributed by atoms with van der Waals surface area (Å²) in [7, 11) is -1.47. The molecule has 0 radical (unpaired) electrons. The average Bonchev–Trinajstić information content (AvgIpc) is 2.45. The predicted molar refractivity (Wildman–Crippen MR) is 87.6 cm³/mol. The van der Waals surface area contributed by atoms with Crippen LogP contribution in [0.3, 0.4) is 0 Å². The lowest BCUT2D eigenvalue weighted by atomic mass is 10.1. The topological polar surface area (TPSA) is 38.3 Å². The molecule has 7 heteroatoms. The van der Waals surface area contributed by atoms with Crippen molar-refractivity contribution in [2.24, 2.45) is 0 Å². The molecule has 1 unspecified atom stereocenters. The van der Waals surface area contributed by atoms with Gasteiger partial charge in [-0.2, -0.15) is 0 Å². The summed E-state index contributed by atoms with van der Waals surface area (Å²) in [5.41, 5.74) is 0.812. The van der Waals surface area contributed by atoms with E-state index < -0.39 is 17.2 Å². The molecule has 0 aliphatic carbocycles. The lowest BCUT2D eigenvalue weighted by molar-refractivity contribution is -0.274. The Morgan fingerprint density at radius 2 is 1.33 bits per heavy atom. The minimum absolute atomic E-state index is 0.0883. The molecule has 0 aliphatic heterocycles. The molecule has 2 aromatic rings. The lowest BCUT2D eigenvalue weighted by Gasteiger charge is -2.22. The summed E-state index contributed by atoms with van der Waals surface area (Å²) < 4.78 is 52.7. The van der Waals surface area contributed by atoms with Gasteiger partial charge in [0.15, 0.2) is 0 Å². The second-order valence-corrected chi connectivity index (χ2v) is 7.67. The van der Waals surface area contributed by atoms with Crippen molar-refractivity contribution in [1.82, 2.24) is 0 Å². The van der Waals surface area contributed by atoms with E-state index in [0.29, 0.717) is 9.79 Å². The van der Waals surface area contributed by atoms with Crippen molar-refractivity contribution in [2.75, 3.05) is 5.32 Å². The summed E-state index contributed by atoms with van der Waals surface area (Å²) in [6, 6.07) is 12.1. The van der Waals surface area contributed by atoms with Gasteiger partial charge in [-0.3, -0.25) is 0 Å². The lowest BCUT2D eigenvalue weighted by Crippen LogP contribution is -2.25. The molecule has 0 heterocycles. The van der Waals surface area contributed by atoms with Crippen LogP contribution in [0.2, 0.25) is 0 Å². The Morgan fingerprint density at radius 1 is 0.875 bits per heavy atom. The van der Waals surface area contributed by atoms with Crippen LogP contribution in [0.25, 0.3) is 0 Å². The number of hydrogen-bond acceptors (Lipinski definition) is 3. The molecule has 0 amide bonds. The summed E-state index contributed by atoms with van der Waals surface area (Å²) in [4.78, 5) is 0.972. The largest absolute Gasteiger partial charge is 0.573 e. The highest BCUT2D eigenvalue weighted by atomic mass is 32.2. The zero-order valence-electron chi connectivity index (χ0n) is 13.5. The van der Waals surface area contributed by atoms with E-state index in [9.17, 15) is 17.4 Å². The van der Waals surface area contributed by atoms with E-state index >= 15 is 0 Å². The van der Waals surface area contributed by atoms with Crippen molar-refractivity contribution in [3.63, 3.8) is 0 Å². The minimum Gasteiger partial charge on any atom is -0.406 e. The standard InChI is InChI=1S/C17H18F3NO2S/c1-16(2,3)21-12-4-8-14(9-5-12)24(22)15-10-6-13(7-11-15)23-17(18,19)20/h4-11,21H,1-3H3. The summed E-state index contributed by atoms with van der Waals surface area (Å²) in [6.45, 7) is 6.09. The molecule has 2 aromatic carbocycles. The molecule has 0 bridgehead atoms. The molecule has 0 saturated carbocycles. The van der Waals surface area contributed by atoms with Crippen LogP contribution in [0.5, 0.6) is 5.75 Å². The highest BCUT2D eigenvalue weighted by molar-refractivity contribution is 7.85. The number of ether oxygens (including phenoxy) is 1. The molecule has 0 saturated heterocycles. The zero-order valence-corrected chi connectivity index (χ0v) is 14.3. The number of rotatable bonds is 4. The molecule has 0 aliphatic rings. The first-order valence-corrected chi connectivity index (χ1v) is 8.34. The highest BCUT2D eigenvalue weighted by Crippen LogP contribution is 2.25. The van der Waals surface area contributed by atoms with Gasteiger partial charge in [-0.15, -0.1) is 13.2 Å². The molecule has 3 nitrogen and oxygen atoms in total. The van der Waals surface area contributed by atoms with Crippen molar-refractivity contribution in [3.8, 4) is 5.75 Å². The number of anilines is 1. The number of alkyl halides is 3. The van der Waals surface area contributed by atoms with Crippen molar-refractivity contribution in [3.05, 3.63) is 48.5 Å². The van der Waals surface area contributed by atoms with Crippen molar-refractivity contribution in [1.29, 1.82) is 0 Å². The fourth-order valence-electron chi connectivity index (χ4n) is 2.00. The van der Waals surface area contributed by atoms with Crippen LogP contribution in [0.1, 0.15) is 20.8 Å². The first kappa shape index (κ1) is 18.3. The van der Waals surface area contributed by atoms with E-state index in [1.54, 1.807) is 12.1 Å². The van der Waals surface area contributed by atoms with Crippen LogP contribution < -0.4 is 10.1 Å². The SMILES string of the molecule is CC(C)(C)Nc1ccc(S(=O)c2ccc(OC(F)(F)F)cc2)cc1. The Hall–Kier alpha value is -2.02. The van der Waals surface area contributed by atoms with Crippen LogP contribution in [0.4, 0.5) is 18.9 Å². The molecular formula is C17H18F3NO2S. The van der Waals surface area contributed by atoms with Gasteiger partial charge in [0, 0.05) is 21.0 Å². The second-order valence-electron chi connectivity index (χ2n) is 6.19. The third kappa shape index (κ3) is 5.56. The van der Waals surface area contributed by atoms with E-state index in [1.165, 1.54) is 12.1 Å². The van der Waals surface area contributed by atoms with Crippen molar-refractivity contribution in [2.45, 2.75) is 42.5 Å². The minimum atomic E-state index is -4.74. The molecule has 130 valence electrons. The normalized spacial score (nSPS) is 13.4. The molecule has 0 spiro atoms. The quantitative estimate of drug-likeness (QED) is 0.840. The monoisotopic (exact) mass is 357 g/mol. The Kier molecular flexibility index (Phi) is 5.22. The van der Waals surface area contributed by atoms with Gasteiger partial charge in [0.05, 0.1) is 10.8 Å². The Balaban J connectivity index is 2.11. The van der Waals surface area contributed by atoms with Crippen LogP contribution in [-0.4, -0.2) is 16.1 Å². The third-order valence-electron chi connectivity index (χ3n) is 2.86. The molecule has 1 N–H and O–H groups in total. The summed E-state index contributed by atoms with van der Waals surface area (Å²) in [6.07, 6.45) is -4.74. The van der Waals surface area contributed by atoms with Crippen LogP contribution >= 0.6 is 0 Å². The van der Waals surface area contributed by atoms with Crippen molar-refractivity contribution < 1.29 is 22.1 Å². The number of halogens is 3. The van der Waals surface area contributed by atoms with Gasteiger partial charge in [-0.1, -0.05) is 0 Å². The van der Waals surface area contributed by atoms with E-state index in [2.05, 4.69) is 10.1 Å². The fourth-order valence-corrected chi connectivity index (χ4v) is 3.03. The maximum Gasteiger partial charge on any atom is 0.573 e. The summed E-state index contributed by atoms with van der Waals surface area (Å²) >= 11 is 0. The second kappa shape index (κ2) is 6.84.